The summed E-state index contributed by atoms with van der Waals surface area (Å²) in [5.74, 6) is -0.548. The fourth-order valence-electron chi connectivity index (χ4n) is 1.50. The number of nitrogens with zero attached hydrogens (tertiary/aromatic N) is 1. The molecule has 6 heteroatoms. The number of esters is 1. The third-order valence-electron chi connectivity index (χ3n) is 2.41. The first-order valence-electron chi connectivity index (χ1n) is 5.65. The molecule has 1 rings (SSSR count). The SMILES string of the molecule is CCCOC(=O)c1cc([N+](=O)[O-])c(Cl)cc1CC. The maximum absolute atomic E-state index is 11.8. The summed E-state index contributed by atoms with van der Waals surface area (Å²) in [5, 5.41) is 10.8. The standard InChI is InChI=1S/C12H14ClNO4/c1-3-5-18-12(15)9-7-11(14(16)17)10(13)6-8(9)4-2/h6-7H,3-5H2,1-2H3. The number of aryl methyl sites for hydroxylation is 1. The molecule has 0 aliphatic heterocycles. The molecule has 0 spiro atoms. The molecule has 0 aliphatic rings. The largest absolute Gasteiger partial charge is 0.462 e. The van der Waals surface area contributed by atoms with Gasteiger partial charge in [-0.05, 0) is 24.5 Å². The molecular weight excluding hydrogens is 258 g/mol. The third kappa shape index (κ3) is 3.20. The van der Waals surface area contributed by atoms with Crippen molar-refractivity contribution < 1.29 is 14.5 Å². The normalized spacial score (nSPS) is 10.2. The summed E-state index contributed by atoms with van der Waals surface area (Å²) in [5.41, 5.74) is 0.575. The molecule has 0 amide bonds. The topological polar surface area (TPSA) is 69.4 Å². The van der Waals surface area contributed by atoms with Crippen molar-refractivity contribution in [1.29, 1.82) is 0 Å². The van der Waals surface area contributed by atoms with Crippen molar-refractivity contribution in [2.75, 3.05) is 6.61 Å². The molecule has 0 saturated carbocycles. The zero-order chi connectivity index (χ0) is 13.7. The summed E-state index contributed by atoms with van der Waals surface area (Å²) in [4.78, 5) is 21.9. The number of rotatable bonds is 5. The third-order valence-corrected chi connectivity index (χ3v) is 2.71. The molecule has 18 heavy (non-hydrogen) atoms. The Labute approximate surface area is 110 Å². The van der Waals surface area contributed by atoms with Crippen LogP contribution in [0.1, 0.15) is 36.2 Å². The van der Waals surface area contributed by atoms with Crippen LogP contribution in [0.2, 0.25) is 5.02 Å². The number of nitro groups is 1. The average molecular weight is 272 g/mol. The summed E-state index contributed by atoms with van der Waals surface area (Å²) in [7, 11) is 0. The van der Waals surface area contributed by atoms with E-state index >= 15 is 0 Å². The second-order valence-electron chi connectivity index (χ2n) is 3.71. The molecule has 5 nitrogen and oxygen atoms in total. The molecule has 0 N–H and O–H groups in total. The van der Waals surface area contributed by atoms with Crippen LogP contribution in [0.15, 0.2) is 12.1 Å². The van der Waals surface area contributed by atoms with E-state index in [1.165, 1.54) is 12.1 Å². The van der Waals surface area contributed by atoms with Crippen molar-refractivity contribution in [3.63, 3.8) is 0 Å². The van der Waals surface area contributed by atoms with Gasteiger partial charge in [0.1, 0.15) is 5.02 Å². The van der Waals surface area contributed by atoms with Gasteiger partial charge in [-0.15, -0.1) is 0 Å². The second kappa shape index (κ2) is 6.35. The van der Waals surface area contributed by atoms with Gasteiger partial charge in [0.25, 0.3) is 5.69 Å². The van der Waals surface area contributed by atoms with Gasteiger partial charge in [0, 0.05) is 6.07 Å². The Hall–Kier alpha value is -1.62. The first-order chi connectivity index (χ1) is 8.51. The van der Waals surface area contributed by atoms with Crippen molar-refractivity contribution >= 4 is 23.3 Å². The smallest absolute Gasteiger partial charge is 0.338 e. The highest BCUT2D eigenvalue weighted by atomic mass is 35.5. The number of benzene rings is 1. The van der Waals surface area contributed by atoms with Crippen LogP contribution in [0.5, 0.6) is 0 Å². The lowest BCUT2D eigenvalue weighted by Crippen LogP contribution is -2.09. The highest BCUT2D eigenvalue weighted by Gasteiger charge is 2.20. The lowest BCUT2D eigenvalue weighted by Gasteiger charge is -2.08. The van der Waals surface area contributed by atoms with E-state index in [0.29, 0.717) is 25.0 Å². The van der Waals surface area contributed by atoms with Gasteiger partial charge in [-0.3, -0.25) is 10.1 Å². The zero-order valence-corrected chi connectivity index (χ0v) is 11.0. The monoisotopic (exact) mass is 271 g/mol. The molecular formula is C12H14ClNO4. The predicted octanol–water partition coefficient (Wildman–Crippen LogP) is 3.38. The lowest BCUT2D eigenvalue weighted by atomic mass is 10.0. The molecule has 0 fully saturated rings. The summed E-state index contributed by atoms with van der Waals surface area (Å²) >= 11 is 5.79. The van der Waals surface area contributed by atoms with Gasteiger partial charge in [-0.25, -0.2) is 4.79 Å². The summed E-state index contributed by atoms with van der Waals surface area (Å²) < 4.78 is 4.99. The minimum absolute atomic E-state index is 0.0314. The number of carbonyl (C=O) groups excluding carboxylic acids is 1. The van der Waals surface area contributed by atoms with Gasteiger partial charge in [0.05, 0.1) is 17.1 Å². The van der Waals surface area contributed by atoms with Crippen LogP contribution in [0.4, 0.5) is 5.69 Å². The molecule has 0 heterocycles. The number of carbonyl (C=O) groups is 1. The minimum atomic E-state index is -0.613. The highest BCUT2D eigenvalue weighted by molar-refractivity contribution is 6.32. The molecule has 0 radical (unpaired) electrons. The molecule has 0 bridgehead atoms. The van der Waals surface area contributed by atoms with Gasteiger partial charge in [0.2, 0.25) is 0 Å². The van der Waals surface area contributed by atoms with Crippen LogP contribution in [0.3, 0.4) is 0 Å². The number of nitro benzene ring substituents is 1. The number of ether oxygens (including phenoxy) is 1. The van der Waals surface area contributed by atoms with Crippen molar-refractivity contribution in [1.82, 2.24) is 0 Å². The van der Waals surface area contributed by atoms with E-state index in [2.05, 4.69) is 0 Å². The van der Waals surface area contributed by atoms with Crippen molar-refractivity contribution in [2.45, 2.75) is 26.7 Å². The Balaban J connectivity index is 3.19. The van der Waals surface area contributed by atoms with E-state index in [4.69, 9.17) is 16.3 Å². The Bertz CT molecular complexity index is 473. The van der Waals surface area contributed by atoms with Gasteiger partial charge in [-0.1, -0.05) is 25.4 Å². The highest BCUT2D eigenvalue weighted by Crippen LogP contribution is 2.28. The fraction of sp³-hybridized carbons (Fsp3) is 0.417. The van der Waals surface area contributed by atoms with Crippen LogP contribution < -0.4 is 0 Å². The Morgan fingerprint density at radius 3 is 2.61 bits per heavy atom. The van der Waals surface area contributed by atoms with Crippen LogP contribution in [0, 0.1) is 10.1 Å². The minimum Gasteiger partial charge on any atom is -0.462 e. The van der Waals surface area contributed by atoms with Crippen molar-refractivity contribution in [3.8, 4) is 0 Å². The van der Waals surface area contributed by atoms with Crippen LogP contribution in [-0.4, -0.2) is 17.5 Å². The molecule has 1 aromatic rings. The Morgan fingerprint density at radius 2 is 2.11 bits per heavy atom. The number of hydrogen-bond acceptors (Lipinski definition) is 4. The van der Waals surface area contributed by atoms with Crippen LogP contribution >= 0.6 is 11.6 Å². The lowest BCUT2D eigenvalue weighted by molar-refractivity contribution is -0.384. The number of halogens is 1. The first kappa shape index (κ1) is 14.4. The maximum Gasteiger partial charge on any atom is 0.338 e. The summed E-state index contributed by atoms with van der Waals surface area (Å²) in [6.07, 6.45) is 1.25. The van der Waals surface area contributed by atoms with E-state index in [9.17, 15) is 14.9 Å². The predicted molar refractivity (Wildman–Crippen MR) is 68.1 cm³/mol. The molecule has 0 unspecified atom stereocenters. The zero-order valence-electron chi connectivity index (χ0n) is 10.2. The summed E-state index contributed by atoms with van der Waals surface area (Å²) in [6, 6.07) is 2.63. The molecule has 0 aromatic heterocycles. The molecule has 0 aliphatic carbocycles. The Morgan fingerprint density at radius 1 is 1.44 bits per heavy atom. The van der Waals surface area contributed by atoms with E-state index in [0.717, 1.165) is 0 Å². The second-order valence-corrected chi connectivity index (χ2v) is 4.11. The van der Waals surface area contributed by atoms with Gasteiger partial charge >= 0.3 is 5.97 Å². The van der Waals surface area contributed by atoms with E-state index < -0.39 is 10.9 Å². The van der Waals surface area contributed by atoms with Crippen LogP contribution in [-0.2, 0) is 11.2 Å². The van der Waals surface area contributed by atoms with Gasteiger partial charge in [0.15, 0.2) is 0 Å². The van der Waals surface area contributed by atoms with E-state index in [1.54, 1.807) is 0 Å². The van der Waals surface area contributed by atoms with Crippen molar-refractivity contribution in [3.05, 3.63) is 38.4 Å². The summed E-state index contributed by atoms with van der Waals surface area (Å²) in [6.45, 7) is 4.00. The first-order valence-corrected chi connectivity index (χ1v) is 6.03. The Kier molecular flexibility index (Phi) is 5.09. The molecule has 98 valence electrons. The molecule has 0 atom stereocenters. The maximum atomic E-state index is 11.8. The molecule has 0 saturated heterocycles. The fourth-order valence-corrected chi connectivity index (χ4v) is 1.75. The van der Waals surface area contributed by atoms with Crippen molar-refractivity contribution in [2.24, 2.45) is 0 Å². The van der Waals surface area contributed by atoms with E-state index in [-0.39, 0.29) is 16.3 Å². The van der Waals surface area contributed by atoms with Gasteiger partial charge < -0.3 is 4.74 Å². The average Bonchev–Trinajstić information content (AvgIpc) is 2.34. The quantitative estimate of drug-likeness (QED) is 0.468. The van der Waals surface area contributed by atoms with E-state index in [1.807, 2.05) is 13.8 Å². The van der Waals surface area contributed by atoms with Crippen LogP contribution in [0.25, 0.3) is 0 Å². The van der Waals surface area contributed by atoms with Gasteiger partial charge in [-0.2, -0.15) is 0 Å². The molecule has 1 aromatic carbocycles. The number of hydrogen-bond donors (Lipinski definition) is 0.